The number of benzene rings is 1. The smallest absolute Gasteiger partial charge is 0.313 e. The first-order chi connectivity index (χ1) is 9.52. The maximum Gasteiger partial charge on any atom is 0.313 e. The van der Waals surface area contributed by atoms with E-state index in [2.05, 4.69) is 5.32 Å². The van der Waals surface area contributed by atoms with Crippen LogP contribution in [0.15, 0.2) is 12.1 Å². The molecule has 0 bridgehead atoms. The second kappa shape index (κ2) is 6.04. The number of methoxy groups -OCH3 is 1. The quantitative estimate of drug-likeness (QED) is 0.660. The Morgan fingerprint density at radius 2 is 2.35 bits per heavy atom. The highest BCUT2D eigenvalue weighted by Gasteiger charge is 2.23. The van der Waals surface area contributed by atoms with E-state index in [0.717, 1.165) is 25.5 Å². The fraction of sp³-hybridized carbons (Fsp3) is 0.538. The van der Waals surface area contributed by atoms with Crippen LogP contribution in [-0.4, -0.2) is 38.2 Å². The Balaban J connectivity index is 2.24. The molecule has 0 aromatic heterocycles. The van der Waals surface area contributed by atoms with Gasteiger partial charge in [0.25, 0.3) is 0 Å². The zero-order valence-electron chi connectivity index (χ0n) is 11.6. The number of nitro benzene ring substituents is 1. The summed E-state index contributed by atoms with van der Waals surface area (Å²) < 4.78 is 19.0. The lowest BCUT2D eigenvalue weighted by atomic mass is 10.2. The zero-order chi connectivity index (χ0) is 14.7. The van der Waals surface area contributed by atoms with E-state index >= 15 is 0 Å². The molecule has 1 aliphatic heterocycles. The van der Waals surface area contributed by atoms with Crippen LogP contribution >= 0.6 is 0 Å². The fourth-order valence-electron chi connectivity index (χ4n) is 2.47. The van der Waals surface area contributed by atoms with E-state index in [1.54, 1.807) is 11.9 Å². The number of rotatable bonds is 5. The molecular formula is C13H18FN3O3. The Hall–Kier alpha value is -1.89. The van der Waals surface area contributed by atoms with Gasteiger partial charge in [0.1, 0.15) is 0 Å². The monoisotopic (exact) mass is 283 g/mol. The van der Waals surface area contributed by atoms with Crippen LogP contribution in [-0.2, 0) is 0 Å². The zero-order valence-corrected chi connectivity index (χ0v) is 11.6. The molecular weight excluding hydrogens is 265 g/mol. The van der Waals surface area contributed by atoms with Gasteiger partial charge in [0.05, 0.1) is 23.8 Å². The van der Waals surface area contributed by atoms with Crippen molar-refractivity contribution in [3.63, 3.8) is 0 Å². The van der Waals surface area contributed by atoms with Crippen molar-refractivity contribution in [2.45, 2.75) is 18.9 Å². The summed E-state index contributed by atoms with van der Waals surface area (Å²) in [6.45, 7) is 1.63. The fourth-order valence-corrected chi connectivity index (χ4v) is 2.47. The number of nitro groups is 1. The molecule has 1 aromatic rings. The second-order valence-corrected chi connectivity index (χ2v) is 4.91. The lowest BCUT2D eigenvalue weighted by Gasteiger charge is -2.24. The number of nitrogens with one attached hydrogen (secondary N) is 1. The molecule has 2 rings (SSSR count). The number of likely N-dealkylation sites (N-methyl/N-ethyl adjacent to an activating group) is 1. The number of anilines is 1. The summed E-state index contributed by atoms with van der Waals surface area (Å²) >= 11 is 0. The van der Waals surface area contributed by atoms with E-state index in [-0.39, 0.29) is 11.4 Å². The number of hydrogen-bond donors (Lipinski definition) is 1. The van der Waals surface area contributed by atoms with Crippen LogP contribution in [0.2, 0.25) is 0 Å². The third kappa shape index (κ3) is 2.98. The highest BCUT2D eigenvalue weighted by atomic mass is 19.1. The molecule has 0 aliphatic carbocycles. The van der Waals surface area contributed by atoms with Crippen molar-refractivity contribution in [3.8, 4) is 5.75 Å². The average Bonchev–Trinajstić information content (AvgIpc) is 2.90. The van der Waals surface area contributed by atoms with Gasteiger partial charge in [0.2, 0.25) is 0 Å². The van der Waals surface area contributed by atoms with E-state index < -0.39 is 10.7 Å². The lowest BCUT2D eigenvalue weighted by Crippen LogP contribution is -2.35. The minimum atomic E-state index is -0.649. The standard InChI is InChI=1S/C13H18FN3O3/c1-16(8-9-4-3-5-15-9)11-7-13(20-2)12(17(18)19)6-10(11)14/h6-7,9,15H,3-5,8H2,1-2H3. The number of halogens is 1. The third-order valence-corrected chi connectivity index (χ3v) is 3.51. The van der Waals surface area contributed by atoms with Crippen molar-refractivity contribution in [2.24, 2.45) is 0 Å². The van der Waals surface area contributed by atoms with Crippen LogP contribution in [0.3, 0.4) is 0 Å². The molecule has 1 saturated heterocycles. The summed E-state index contributed by atoms with van der Waals surface area (Å²) in [7, 11) is 3.10. The van der Waals surface area contributed by atoms with E-state index in [1.165, 1.54) is 13.2 Å². The first-order valence-corrected chi connectivity index (χ1v) is 6.49. The number of hydrogen-bond acceptors (Lipinski definition) is 5. The molecule has 0 radical (unpaired) electrons. The molecule has 1 N–H and O–H groups in total. The van der Waals surface area contributed by atoms with Crippen molar-refractivity contribution in [2.75, 3.05) is 32.1 Å². The Labute approximate surface area is 116 Å². The molecule has 1 fully saturated rings. The minimum absolute atomic E-state index is 0.0673. The lowest BCUT2D eigenvalue weighted by molar-refractivity contribution is -0.385. The maximum absolute atomic E-state index is 14.0. The molecule has 1 aromatic carbocycles. The first-order valence-electron chi connectivity index (χ1n) is 6.49. The Morgan fingerprint density at radius 1 is 1.60 bits per heavy atom. The minimum Gasteiger partial charge on any atom is -0.490 e. The molecule has 20 heavy (non-hydrogen) atoms. The van der Waals surface area contributed by atoms with Gasteiger partial charge in [-0.15, -0.1) is 0 Å². The molecule has 1 atom stereocenters. The van der Waals surface area contributed by atoms with Crippen LogP contribution in [0.4, 0.5) is 15.8 Å². The van der Waals surface area contributed by atoms with Crippen molar-refractivity contribution >= 4 is 11.4 Å². The Bertz CT molecular complexity index is 504. The summed E-state index contributed by atoms with van der Waals surface area (Å²) in [5, 5.41) is 14.2. The molecule has 0 amide bonds. The normalized spacial score (nSPS) is 18.1. The van der Waals surface area contributed by atoms with Crippen LogP contribution in [0.25, 0.3) is 0 Å². The highest BCUT2D eigenvalue weighted by molar-refractivity contribution is 5.60. The van der Waals surface area contributed by atoms with Gasteiger partial charge >= 0.3 is 5.69 Å². The average molecular weight is 283 g/mol. The van der Waals surface area contributed by atoms with Gasteiger partial charge in [0, 0.05) is 25.7 Å². The van der Waals surface area contributed by atoms with Crippen LogP contribution in [0, 0.1) is 15.9 Å². The first kappa shape index (κ1) is 14.5. The van der Waals surface area contributed by atoms with Gasteiger partial charge in [-0.1, -0.05) is 0 Å². The van der Waals surface area contributed by atoms with Crippen molar-refractivity contribution in [3.05, 3.63) is 28.1 Å². The molecule has 6 nitrogen and oxygen atoms in total. The maximum atomic E-state index is 14.0. The largest absolute Gasteiger partial charge is 0.490 e. The van der Waals surface area contributed by atoms with E-state index in [4.69, 9.17) is 4.74 Å². The Morgan fingerprint density at radius 3 is 2.90 bits per heavy atom. The van der Waals surface area contributed by atoms with Gasteiger partial charge in [0.15, 0.2) is 11.6 Å². The predicted octanol–water partition coefficient (Wildman–Crippen LogP) is 1.93. The third-order valence-electron chi connectivity index (χ3n) is 3.51. The summed E-state index contributed by atoms with van der Waals surface area (Å²) in [5.41, 5.74) is -0.0534. The molecule has 1 unspecified atom stereocenters. The molecule has 1 heterocycles. The van der Waals surface area contributed by atoms with E-state index in [1.807, 2.05) is 0 Å². The van der Waals surface area contributed by atoms with Crippen molar-refractivity contribution in [1.29, 1.82) is 0 Å². The summed E-state index contributed by atoms with van der Waals surface area (Å²) in [4.78, 5) is 11.9. The highest BCUT2D eigenvalue weighted by Crippen LogP contribution is 2.33. The molecule has 110 valence electrons. The molecule has 1 aliphatic rings. The summed E-state index contributed by atoms with van der Waals surface area (Å²) in [5.74, 6) is -0.546. The molecule has 0 spiro atoms. The number of ether oxygens (including phenoxy) is 1. The van der Waals surface area contributed by atoms with Gasteiger partial charge in [-0.2, -0.15) is 0 Å². The topological polar surface area (TPSA) is 67.6 Å². The predicted molar refractivity (Wildman–Crippen MR) is 73.9 cm³/mol. The van der Waals surface area contributed by atoms with Crippen LogP contribution < -0.4 is 15.0 Å². The van der Waals surface area contributed by atoms with Crippen LogP contribution in [0.5, 0.6) is 5.75 Å². The Kier molecular flexibility index (Phi) is 4.39. The SMILES string of the molecule is COc1cc(N(C)CC2CCCN2)c(F)cc1[N+](=O)[O-]. The second-order valence-electron chi connectivity index (χ2n) is 4.91. The number of nitrogens with zero attached hydrogens (tertiary/aromatic N) is 2. The van der Waals surface area contributed by atoms with Crippen molar-refractivity contribution < 1.29 is 14.1 Å². The van der Waals surface area contributed by atoms with E-state index in [9.17, 15) is 14.5 Å². The van der Waals surface area contributed by atoms with E-state index in [0.29, 0.717) is 18.3 Å². The van der Waals surface area contributed by atoms with Crippen molar-refractivity contribution in [1.82, 2.24) is 5.32 Å². The van der Waals surface area contributed by atoms with Crippen LogP contribution in [0.1, 0.15) is 12.8 Å². The molecule has 0 saturated carbocycles. The van der Waals surface area contributed by atoms with Gasteiger partial charge in [-0.3, -0.25) is 10.1 Å². The van der Waals surface area contributed by atoms with Gasteiger partial charge < -0.3 is 15.0 Å². The molecule has 7 heteroatoms. The summed E-state index contributed by atoms with van der Waals surface area (Å²) in [6, 6.07) is 2.61. The summed E-state index contributed by atoms with van der Waals surface area (Å²) in [6.07, 6.45) is 2.17. The van der Waals surface area contributed by atoms with Gasteiger partial charge in [-0.05, 0) is 19.4 Å². The van der Waals surface area contributed by atoms with Gasteiger partial charge in [-0.25, -0.2) is 4.39 Å².